The fourth-order valence-electron chi connectivity index (χ4n) is 1.09. The van der Waals surface area contributed by atoms with Crippen molar-refractivity contribution in [2.75, 3.05) is 0 Å². The Kier molecular flexibility index (Phi) is 2.98. The zero-order valence-electron chi connectivity index (χ0n) is 8.87. The summed E-state index contributed by atoms with van der Waals surface area (Å²) in [4.78, 5) is 10.5. The number of hydrogen-bond donors (Lipinski definition) is 1. The normalized spacial score (nSPS) is 11.2. The molecule has 0 radical (unpaired) electrons. The smallest absolute Gasteiger partial charge is 0.338 e. The minimum absolute atomic E-state index is 0.324. The van der Waals surface area contributed by atoms with E-state index in [9.17, 15) is 9.18 Å². The molecule has 0 amide bonds. The third kappa shape index (κ3) is 3.23. The van der Waals surface area contributed by atoms with E-state index in [1.165, 1.54) is 12.1 Å². The molecule has 0 saturated carbocycles. The summed E-state index contributed by atoms with van der Waals surface area (Å²) in [5.41, 5.74) is -0.784. The molecule has 1 aromatic rings. The summed E-state index contributed by atoms with van der Waals surface area (Å²) in [6.45, 7) is 5.49. The molecule has 1 N–H and O–H groups in total. The van der Waals surface area contributed by atoms with Crippen molar-refractivity contribution in [3.8, 4) is 5.75 Å². The third-order valence-electron chi connectivity index (χ3n) is 1.59. The Balaban J connectivity index is 2.97. The quantitative estimate of drug-likeness (QED) is 0.819. The molecule has 3 nitrogen and oxygen atoms in total. The maximum atomic E-state index is 13.2. The highest BCUT2D eigenvalue weighted by Gasteiger charge is 2.15. The first-order valence-electron chi connectivity index (χ1n) is 4.51. The van der Waals surface area contributed by atoms with Crippen molar-refractivity contribution in [1.82, 2.24) is 0 Å². The Bertz CT molecular complexity index is 380. The van der Waals surface area contributed by atoms with Gasteiger partial charge in [-0.1, -0.05) is 0 Å². The average Bonchev–Trinajstić information content (AvgIpc) is 1.99. The van der Waals surface area contributed by atoms with E-state index in [1.54, 1.807) is 0 Å². The van der Waals surface area contributed by atoms with Crippen LogP contribution in [0.15, 0.2) is 18.2 Å². The van der Waals surface area contributed by atoms with E-state index in [1.807, 2.05) is 20.8 Å². The lowest BCUT2D eigenvalue weighted by molar-refractivity contribution is 0.0691. The van der Waals surface area contributed by atoms with Crippen LogP contribution < -0.4 is 4.74 Å². The van der Waals surface area contributed by atoms with E-state index in [-0.39, 0.29) is 5.56 Å². The van der Waals surface area contributed by atoms with Gasteiger partial charge in [-0.05, 0) is 32.9 Å². The fourth-order valence-corrected chi connectivity index (χ4v) is 1.09. The number of benzene rings is 1. The molecule has 15 heavy (non-hydrogen) atoms. The molecule has 0 heterocycles. The number of ether oxygens (including phenoxy) is 1. The van der Waals surface area contributed by atoms with Gasteiger partial charge in [0.2, 0.25) is 0 Å². The molecule has 0 aromatic heterocycles. The van der Waals surface area contributed by atoms with Gasteiger partial charge in [0.1, 0.15) is 17.2 Å². The van der Waals surface area contributed by atoms with Gasteiger partial charge in [0, 0.05) is 6.07 Å². The Morgan fingerprint density at radius 3 is 2.40 bits per heavy atom. The second-order valence-corrected chi connectivity index (χ2v) is 4.16. The molecule has 1 aromatic carbocycles. The molecule has 0 saturated heterocycles. The maximum Gasteiger partial charge on any atom is 0.338 e. The Morgan fingerprint density at radius 2 is 2.00 bits per heavy atom. The van der Waals surface area contributed by atoms with Gasteiger partial charge in [-0.25, -0.2) is 9.18 Å². The molecule has 0 unspecified atom stereocenters. The van der Waals surface area contributed by atoms with Crippen molar-refractivity contribution in [1.29, 1.82) is 0 Å². The van der Waals surface area contributed by atoms with Crippen LogP contribution >= 0.6 is 0 Å². The van der Waals surface area contributed by atoms with Crippen LogP contribution in [0.2, 0.25) is 0 Å². The molecule has 0 aliphatic heterocycles. The highest BCUT2D eigenvalue weighted by molar-refractivity contribution is 5.88. The highest BCUT2D eigenvalue weighted by atomic mass is 19.1. The van der Waals surface area contributed by atoms with Gasteiger partial charge in [-0.3, -0.25) is 0 Å². The van der Waals surface area contributed by atoms with Crippen molar-refractivity contribution in [3.63, 3.8) is 0 Å². The zero-order chi connectivity index (χ0) is 11.6. The summed E-state index contributed by atoms with van der Waals surface area (Å²) < 4.78 is 18.6. The van der Waals surface area contributed by atoms with Gasteiger partial charge >= 0.3 is 5.97 Å². The molecule has 4 heteroatoms. The zero-order valence-corrected chi connectivity index (χ0v) is 8.87. The predicted octanol–water partition coefficient (Wildman–Crippen LogP) is 2.70. The first-order valence-corrected chi connectivity index (χ1v) is 4.51. The number of carboxylic acid groups (broad SMARTS) is 1. The number of rotatable bonds is 2. The van der Waals surface area contributed by atoms with Crippen LogP contribution in [0.4, 0.5) is 4.39 Å². The summed E-state index contributed by atoms with van der Waals surface area (Å²) in [5.74, 6) is -1.75. The molecule has 0 atom stereocenters. The van der Waals surface area contributed by atoms with Crippen molar-refractivity contribution in [2.24, 2.45) is 0 Å². The van der Waals surface area contributed by atoms with E-state index < -0.39 is 17.4 Å². The topological polar surface area (TPSA) is 46.5 Å². The lowest BCUT2D eigenvalue weighted by atomic mass is 10.1. The van der Waals surface area contributed by atoms with Crippen molar-refractivity contribution < 1.29 is 19.0 Å². The lowest BCUT2D eigenvalue weighted by Crippen LogP contribution is -2.23. The van der Waals surface area contributed by atoms with Crippen LogP contribution in [-0.2, 0) is 0 Å². The molecule has 0 aliphatic carbocycles. The summed E-state index contributed by atoms with van der Waals surface area (Å²) in [6, 6.07) is 3.71. The van der Waals surface area contributed by atoms with Gasteiger partial charge in [0.15, 0.2) is 0 Å². The van der Waals surface area contributed by atoms with Gasteiger partial charge < -0.3 is 9.84 Å². The molecule has 1 rings (SSSR count). The van der Waals surface area contributed by atoms with Crippen LogP contribution in [0.1, 0.15) is 31.1 Å². The maximum absolute atomic E-state index is 13.2. The Morgan fingerprint density at radius 1 is 1.40 bits per heavy atom. The Labute approximate surface area is 87.5 Å². The van der Waals surface area contributed by atoms with Crippen molar-refractivity contribution >= 4 is 5.97 Å². The first-order chi connectivity index (χ1) is 6.79. The van der Waals surface area contributed by atoms with Crippen molar-refractivity contribution in [2.45, 2.75) is 26.4 Å². The van der Waals surface area contributed by atoms with Gasteiger partial charge in [0.05, 0.1) is 5.56 Å². The largest absolute Gasteiger partial charge is 0.488 e. The third-order valence-corrected chi connectivity index (χ3v) is 1.59. The lowest BCUT2D eigenvalue weighted by Gasteiger charge is -2.21. The van der Waals surface area contributed by atoms with Gasteiger partial charge in [0.25, 0.3) is 0 Å². The predicted molar refractivity (Wildman–Crippen MR) is 53.7 cm³/mol. The van der Waals surface area contributed by atoms with Crippen LogP contribution in [0, 0.1) is 5.82 Å². The second kappa shape index (κ2) is 3.88. The highest BCUT2D eigenvalue weighted by Crippen LogP contribution is 2.21. The molecular formula is C11H13FO3. The number of aromatic carboxylic acids is 1. The molecule has 0 spiro atoms. The fraction of sp³-hybridized carbons (Fsp3) is 0.364. The summed E-state index contributed by atoms with van der Waals surface area (Å²) >= 11 is 0. The molecule has 0 bridgehead atoms. The number of hydrogen-bond acceptors (Lipinski definition) is 2. The monoisotopic (exact) mass is 212 g/mol. The molecule has 0 fully saturated rings. The van der Waals surface area contributed by atoms with Gasteiger partial charge in [-0.15, -0.1) is 0 Å². The van der Waals surface area contributed by atoms with Crippen LogP contribution in [0.25, 0.3) is 0 Å². The Hall–Kier alpha value is -1.58. The van der Waals surface area contributed by atoms with Gasteiger partial charge in [-0.2, -0.15) is 0 Å². The van der Waals surface area contributed by atoms with Crippen LogP contribution in [0.5, 0.6) is 5.75 Å². The minimum Gasteiger partial charge on any atom is -0.488 e. The molecular weight excluding hydrogens is 199 g/mol. The second-order valence-electron chi connectivity index (χ2n) is 4.16. The standard InChI is InChI=1S/C11H13FO3/c1-11(2,3)15-7-4-5-8(10(13)14)9(12)6-7/h4-6H,1-3H3,(H,13,14). The summed E-state index contributed by atoms with van der Waals surface area (Å²) in [7, 11) is 0. The number of carboxylic acids is 1. The molecule has 0 aliphatic rings. The minimum atomic E-state index is -1.28. The van der Waals surface area contributed by atoms with Crippen LogP contribution in [0.3, 0.4) is 0 Å². The SMILES string of the molecule is CC(C)(C)Oc1ccc(C(=O)O)c(F)c1. The van der Waals surface area contributed by atoms with Crippen LogP contribution in [-0.4, -0.2) is 16.7 Å². The molecule has 82 valence electrons. The number of carbonyl (C=O) groups is 1. The summed E-state index contributed by atoms with van der Waals surface area (Å²) in [5, 5.41) is 8.61. The number of halogens is 1. The van der Waals surface area contributed by atoms with E-state index in [0.29, 0.717) is 5.75 Å². The first kappa shape index (κ1) is 11.5. The van der Waals surface area contributed by atoms with Crippen molar-refractivity contribution in [3.05, 3.63) is 29.6 Å². The van der Waals surface area contributed by atoms with E-state index in [0.717, 1.165) is 6.07 Å². The average molecular weight is 212 g/mol. The van der Waals surface area contributed by atoms with E-state index in [2.05, 4.69) is 0 Å². The van der Waals surface area contributed by atoms with E-state index in [4.69, 9.17) is 9.84 Å². The van der Waals surface area contributed by atoms with E-state index >= 15 is 0 Å². The summed E-state index contributed by atoms with van der Waals surface area (Å²) in [6.07, 6.45) is 0.